The number of aromatic carboxylic acids is 1. The zero-order valence-corrected chi connectivity index (χ0v) is 12.6. The molecule has 2 aromatic rings. The summed E-state index contributed by atoms with van der Waals surface area (Å²) in [6.07, 6.45) is 5.23. The molecule has 0 unspecified atom stereocenters. The maximum absolute atomic E-state index is 11.1. The van der Waals surface area contributed by atoms with E-state index in [-0.39, 0.29) is 0 Å². The number of aromatic nitrogens is 1. The van der Waals surface area contributed by atoms with Crippen molar-refractivity contribution >= 4 is 29.1 Å². The van der Waals surface area contributed by atoms with Crippen molar-refractivity contribution in [2.24, 2.45) is 0 Å². The summed E-state index contributed by atoms with van der Waals surface area (Å²) in [6, 6.07) is 7.97. The molecule has 5 heteroatoms. The first-order chi connectivity index (χ1) is 9.61. The number of hydrogen-bond donors (Lipinski definition) is 1. The molecule has 20 heavy (non-hydrogen) atoms. The second-order valence-electron chi connectivity index (χ2n) is 4.14. The van der Waals surface area contributed by atoms with Crippen LogP contribution >= 0.6 is 23.1 Å². The molecule has 0 amide bonds. The molecule has 0 bridgehead atoms. The lowest BCUT2D eigenvalue weighted by molar-refractivity contribution is 0.0701. The Morgan fingerprint density at radius 2 is 2.35 bits per heavy atom. The van der Waals surface area contributed by atoms with Gasteiger partial charge in [-0.3, -0.25) is 0 Å². The van der Waals surface area contributed by atoms with Gasteiger partial charge in [-0.1, -0.05) is 24.1 Å². The standard InChI is InChI=1S/C15H13NO2S2/c1-3-7-19-9-11-5-4-6-12(8-11)14-16-10(2)13(20-14)15(17)18/h1,4-6,8H,7,9H2,2H3,(H,17,18). The summed E-state index contributed by atoms with van der Waals surface area (Å²) in [5.74, 6) is 3.20. The first-order valence-electron chi connectivity index (χ1n) is 5.93. The van der Waals surface area contributed by atoms with Crippen LogP contribution in [0, 0.1) is 19.3 Å². The molecule has 0 aliphatic carbocycles. The monoisotopic (exact) mass is 303 g/mol. The van der Waals surface area contributed by atoms with Gasteiger partial charge in [-0.25, -0.2) is 9.78 Å². The van der Waals surface area contributed by atoms with Crippen molar-refractivity contribution in [1.82, 2.24) is 4.98 Å². The molecule has 102 valence electrons. The van der Waals surface area contributed by atoms with Crippen LogP contribution in [0.1, 0.15) is 20.9 Å². The van der Waals surface area contributed by atoms with Crippen molar-refractivity contribution in [3.8, 4) is 22.9 Å². The van der Waals surface area contributed by atoms with E-state index in [0.29, 0.717) is 16.3 Å². The number of hydrogen-bond acceptors (Lipinski definition) is 4. The van der Waals surface area contributed by atoms with Crippen LogP contribution in [0.4, 0.5) is 0 Å². The van der Waals surface area contributed by atoms with Gasteiger partial charge >= 0.3 is 5.97 Å². The Balaban J connectivity index is 2.25. The van der Waals surface area contributed by atoms with E-state index in [4.69, 9.17) is 11.5 Å². The molecular formula is C15H13NO2S2. The van der Waals surface area contributed by atoms with Gasteiger partial charge in [-0.2, -0.15) is 0 Å². The summed E-state index contributed by atoms with van der Waals surface area (Å²) in [5, 5.41) is 9.81. The smallest absolute Gasteiger partial charge is 0.347 e. The Morgan fingerprint density at radius 1 is 1.55 bits per heavy atom. The number of carboxylic acid groups (broad SMARTS) is 1. The number of carboxylic acids is 1. The van der Waals surface area contributed by atoms with E-state index in [9.17, 15) is 4.79 Å². The van der Waals surface area contributed by atoms with Gasteiger partial charge in [-0.05, 0) is 18.6 Å². The fourth-order valence-electron chi connectivity index (χ4n) is 1.74. The lowest BCUT2D eigenvalue weighted by atomic mass is 10.1. The molecule has 1 aromatic carbocycles. The highest BCUT2D eigenvalue weighted by molar-refractivity contribution is 7.98. The highest BCUT2D eigenvalue weighted by Gasteiger charge is 2.15. The molecule has 0 aliphatic heterocycles. The molecular weight excluding hydrogens is 290 g/mol. The van der Waals surface area contributed by atoms with Crippen LogP contribution in [0.5, 0.6) is 0 Å². The minimum Gasteiger partial charge on any atom is -0.477 e. The molecule has 0 aliphatic rings. The van der Waals surface area contributed by atoms with E-state index in [0.717, 1.165) is 21.9 Å². The molecule has 0 fully saturated rings. The Morgan fingerprint density at radius 3 is 3.00 bits per heavy atom. The summed E-state index contributed by atoms with van der Waals surface area (Å²) >= 11 is 2.88. The largest absolute Gasteiger partial charge is 0.477 e. The van der Waals surface area contributed by atoms with Crippen molar-refractivity contribution in [2.75, 3.05) is 5.75 Å². The summed E-state index contributed by atoms with van der Waals surface area (Å²) in [7, 11) is 0. The van der Waals surface area contributed by atoms with Gasteiger partial charge in [0.05, 0.1) is 11.4 Å². The Hall–Kier alpha value is -1.77. The van der Waals surface area contributed by atoms with Crippen LogP contribution in [0.25, 0.3) is 10.6 Å². The first-order valence-corrected chi connectivity index (χ1v) is 7.90. The number of nitrogens with zero attached hydrogens (tertiary/aromatic N) is 1. The second kappa shape index (κ2) is 6.60. The Bertz CT molecular complexity index is 671. The van der Waals surface area contributed by atoms with E-state index in [2.05, 4.69) is 10.9 Å². The second-order valence-corrected chi connectivity index (χ2v) is 6.12. The third kappa shape index (κ3) is 3.41. The number of carbonyl (C=O) groups is 1. The topological polar surface area (TPSA) is 50.2 Å². The van der Waals surface area contributed by atoms with Crippen LogP contribution in [0.15, 0.2) is 24.3 Å². The fourth-order valence-corrected chi connectivity index (χ4v) is 3.28. The minimum absolute atomic E-state index is 0.298. The van der Waals surface area contributed by atoms with Crippen LogP contribution < -0.4 is 0 Å². The maximum atomic E-state index is 11.1. The Labute approximate surface area is 126 Å². The van der Waals surface area contributed by atoms with Crippen molar-refractivity contribution in [3.05, 3.63) is 40.4 Å². The van der Waals surface area contributed by atoms with Gasteiger partial charge in [0, 0.05) is 11.3 Å². The molecule has 0 spiro atoms. The highest BCUT2D eigenvalue weighted by Crippen LogP contribution is 2.29. The SMILES string of the molecule is C#CCSCc1cccc(-c2nc(C)c(C(=O)O)s2)c1. The number of aryl methyl sites for hydroxylation is 1. The van der Waals surface area contributed by atoms with Crippen molar-refractivity contribution in [3.63, 3.8) is 0 Å². The summed E-state index contributed by atoms with van der Waals surface area (Å²) in [6.45, 7) is 1.72. The van der Waals surface area contributed by atoms with E-state index < -0.39 is 5.97 Å². The Kier molecular flexibility index (Phi) is 4.83. The molecule has 0 atom stereocenters. The number of thioether (sulfide) groups is 1. The molecule has 0 saturated heterocycles. The van der Waals surface area contributed by atoms with Gasteiger partial charge in [0.25, 0.3) is 0 Å². The third-order valence-corrected chi connectivity index (χ3v) is 4.72. The zero-order chi connectivity index (χ0) is 14.5. The van der Waals surface area contributed by atoms with E-state index in [1.165, 1.54) is 11.3 Å². The number of thiazole rings is 1. The van der Waals surface area contributed by atoms with E-state index >= 15 is 0 Å². The summed E-state index contributed by atoms with van der Waals surface area (Å²) < 4.78 is 0. The molecule has 1 heterocycles. The third-order valence-electron chi connectivity index (χ3n) is 2.62. The van der Waals surface area contributed by atoms with Crippen LogP contribution in [0.3, 0.4) is 0 Å². The first kappa shape index (κ1) is 14.6. The molecule has 1 N–H and O–H groups in total. The van der Waals surface area contributed by atoms with Crippen molar-refractivity contribution in [2.45, 2.75) is 12.7 Å². The summed E-state index contributed by atoms with van der Waals surface area (Å²) in [5.41, 5.74) is 2.67. The lowest BCUT2D eigenvalue weighted by Gasteiger charge is -2.02. The minimum atomic E-state index is -0.924. The van der Waals surface area contributed by atoms with Gasteiger partial charge in [-0.15, -0.1) is 29.5 Å². The quantitative estimate of drug-likeness (QED) is 0.676. The van der Waals surface area contributed by atoms with Gasteiger partial charge in [0.15, 0.2) is 0 Å². The number of rotatable bonds is 5. The predicted molar refractivity (Wildman–Crippen MR) is 84.2 cm³/mol. The number of benzene rings is 1. The normalized spacial score (nSPS) is 10.2. The van der Waals surface area contributed by atoms with Crippen LogP contribution in [-0.2, 0) is 5.75 Å². The van der Waals surface area contributed by atoms with Gasteiger partial charge < -0.3 is 5.11 Å². The molecule has 2 rings (SSSR count). The van der Waals surface area contributed by atoms with Crippen LogP contribution in [0.2, 0.25) is 0 Å². The molecule has 0 radical (unpaired) electrons. The van der Waals surface area contributed by atoms with E-state index in [1.807, 2.05) is 24.3 Å². The molecule has 3 nitrogen and oxygen atoms in total. The van der Waals surface area contributed by atoms with E-state index in [1.54, 1.807) is 18.7 Å². The fraction of sp³-hybridized carbons (Fsp3) is 0.200. The summed E-state index contributed by atoms with van der Waals surface area (Å²) in [4.78, 5) is 15.7. The maximum Gasteiger partial charge on any atom is 0.347 e. The lowest BCUT2D eigenvalue weighted by Crippen LogP contribution is -1.94. The molecule has 1 aromatic heterocycles. The average molecular weight is 303 g/mol. The van der Waals surface area contributed by atoms with Gasteiger partial charge in [0.1, 0.15) is 9.88 Å². The van der Waals surface area contributed by atoms with Gasteiger partial charge in [0.2, 0.25) is 0 Å². The predicted octanol–water partition coefficient (Wildman–Crippen LogP) is 3.68. The number of terminal acetylenes is 1. The van der Waals surface area contributed by atoms with Crippen molar-refractivity contribution < 1.29 is 9.90 Å². The average Bonchev–Trinajstić information content (AvgIpc) is 2.82. The zero-order valence-electron chi connectivity index (χ0n) is 10.9. The van der Waals surface area contributed by atoms with Crippen molar-refractivity contribution in [1.29, 1.82) is 0 Å². The van der Waals surface area contributed by atoms with Crippen LogP contribution in [-0.4, -0.2) is 21.8 Å². The molecule has 0 saturated carbocycles. The highest BCUT2D eigenvalue weighted by atomic mass is 32.2.